The molecule has 9 aromatic carbocycles. The molecule has 4 N–H and O–H groups in total. The summed E-state index contributed by atoms with van der Waals surface area (Å²) in [6, 6.07) is 60.4. The molecule has 25 nitrogen and oxygen atoms in total. The van der Waals surface area contributed by atoms with Crippen LogP contribution in [-0.4, -0.2) is 236 Å². The Morgan fingerprint density at radius 3 is 1.29 bits per heavy atom. The average Bonchev–Trinajstić information content (AvgIpc) is 1.67. The predicted octanol–water partition coefficient (Wildman–Crippen LogP) is 16.2. The molecule has 734 valence electrons. The summed E-state index contributed by atoms with van der Waals surface area (Å²) in [6.07, 6.45) is 11.0. The fourth-order valence-corrected chi connectivity index (χ4v) is 21.0. The number of aryl methyl sites for hydroxylation is 15. The minimum Gasteiger partial charge on any atom is -0.480 e. The number of halogens is 1. The van der Waals surface area contributed by atoms with Gasteiger partial charge in [0.1, 0.15) is 11.9 Å². The molecule has 0 spiro atoms. The number of ether oxygens (including phenoxy) is 2. The summed E-state index contributed by atoms with van der Waals surface area (Å²) in [4.78, 5) is 25.5. The number of rotatable bonds is 27. The highest BCUT2D eigenvalue weighted by Crippen LogP contribution is 2.28. The zero-order valence-electron chi connectivity index (χ0n) is 81.9. The lowest BCUT2D eigenvalue weighted by molar-refractivity contribution is -0.140. The van der Waals surface area contributed by atoms with Gasteiger partial charge < -0.3 is 28.9 Å². The molecule has 10 aromatic rings. The summed E-state index contributed by atoms with van der Waals surface area (Å²) >= 11 is 0. The van der Waals surface area contributed by atoms with Crippen molar-refractivity contribution in [1.82, 2.24) is 51.9 Å². The topological polar surface area (TPSA) is 300 Å². The molecule has 5 heterocycles. The van der Waals surface area contributed by atoms with Gasteiger partial charge in [0.15, 0.2) is 0 Å². The molecule has 2 unspecified atom stereocenters. The number of hydrogen-bond donors (Lipinski definition) is 4. The molecule has 0 bridgehead atoms. The Kier molecular flexibility index (Phi) is 48.5. The lowest BCUT2D eigenvalue weighted by Gasteiger charge is -2.33. The van der Waals surface area contributed by atoms with Crippen molar-refractivity contribution in [1.29, 1.82) is 0 Å². The summed E-state index contributed by atoms with van der Waals surface area (Å²) in [5.41, 5.74) is 18.0. The van der Waals surface area contributed by atoms with E-state index in [1.54, 1.807) is 110 Å². The van der Waals surface area contributed by atoms with Crippen molar-refractivity contribution in [3.05, 3.63) is 308 Å². The number of sulfonamides is 5. The van der Waals surface area contributed by atoms with Crippen LogP contribution in [0.15, 0.2) is 243 Å². The van der Waals surface area contributed by atoms with E-state index in [2.05, 4.69) is 169 Å². The summed E-state index contributed by atoms with van der Waals surface area (Å²) < 4.78 is 157. The van der Waals surface area contributed by atoms with Gasteiger partial charge in [0.2, 0.25) is 50.1 Å². The first-order valence-corrected chi connectivity index (χ1v) is 53.0. The Labute approximate surface area is 801 Å². The molecule has 14 rings (SSSR count). The molecule has 0 amide bonds. The molecular formula is C103H146FN11O14S5. The summed E-state index contributed by atoms with van der Waals surface area (Å²) in [5.74, 6) is -1.20. The average molecular weight is 1940 g/mol. The third kappa shape index (κ3) is 40.7. The number of imidazole rings is 1. The van der Waals surface area contributed by atoms with Gasteiger partial charge in [0, 0.05) is 111 Å². The zero-order chi connectivity index (χ0) is 98.8. The van der Waals surface area contributed by atoms with Crippen molar-refractivity contribution in [3.8, 4) is 0 Å². The lowest BCUT2D eigenvalue weighted by atomic mass is 10.1. The first-order chi connectivity index (χ1) is 63.4. The van der Waals surface area contributed by atoms with Crippen LogP contribution in [0.3, 0.4) is 0 Å². The van der Waals surface area contributed by atoms with Gasteiger partial charge in [-0.05, 0) is 271 Å². The lowest BCUT2D eigenvalue weighted by Crippen LogP contribution is -2.49. The van der Waals surface area contributed by atoms with Gasteiger partial charge in [-0.1, -0.05) is 189 Å². The first-order valence-electron chi connectivity index (χ1n) is 45.6. The SMILES string of the molecule is COCCN1CCN(S(=O)(=O)c2ccc(C)cc2)CC1.Cc1cc(C)cc(C)c1.Cc1ccc(C)c(C)c1.Cc1ccc(F)c(C)c1.Cc1ccc(S(=O)(=O)N2CCCC2C(=O)O)cc1.Cc1ccc(S(=O)(=O)NCCC2CCCN2C)cc1.Cc1ccc(S(=O)(=O)NCCCN2CCOCC2)cc1.Cc1ccc(S(=O)(=O)NCCCn2ccnc2)cc1.Cc1ccccc1CN(C)C. The van der Waals surface area contributed by atoms with Gasteiger partial charge in [-0.2, -0.15) is 8.61 Å². The molecule has 134 heavy (non-hydrogen) atoms. The van der Waals surface area contributed by atoms with Crippen LogP contribution >= 0.6 is 0 Å². The van der Waals surface area contributed by atoms with Gasteiger partial charge in [-0.3, -0.25) is 14.6 Å². The van der Waals surface area contributed by atoms with Crippen LogP contribution in [0.2, 0.25) is 0 Å². The molecule has 31 heteroatoms. The van der Waals surface area contributed by atoms with E-state index < -0.39 is 62.1 Å². The summed E-state index contributed by atoms with van der Waals surface area (Å²) in [7, 11) is -9.20. The van der Waals surface area contributed by atoms with Crippen LogP contribution < -0.4 is 14.2 Å². The molecule has 4 aliphatic rings. The van der Waals surface area contributed by atoms with Crippen LogP contribution in [0.4, 0.5) is 4.39 Å². The summed E-state index contributed by atoms with van der Waals surface area (Å²) in [5, 5.41) is 9.03. The monoisotopic (exact) mass is 1940 g/mol. The number of nitrogens with one attached hydrogen (secondary N) is 3. The zero-order valence-corrected chi connectivity index (χ0v) is 86.0. The maximum Gasteiger partial charge on any atom is 0.322 e. The largest absolute Gasteiger partial charge is 0.480 e. The van der Waals surface area contributed by atoms with Crippen molar-refractivity contribution >= 4 is 56.1 Å². The molecule has 0 saturated carbocycles. The molecule has 1 aromatic heterocycles. The summed E-state index contributed by atoms with van der Waals surface area (Å²) in [6.45, 7) is 41.3. The van der Waals surface area contributed by atoms with Crippen molar-refractivity contribution in [3.63, 3.8) is 0 Å². The van der Waals surface area contributed by atoms with E-state index in [1.165, 1.54) is 75.5 Å². The number of benzene rings is 9. The normalized spacial score (nSPS) is 15.6. The van der Waals surface area contributed by atoms with Crippen molar-refractivity contribution in [2.24, 2.45) is 0 Å². The van der Waals surface area contributed by atoms with E-state index in [0.717, 1.165) is 135 Å². The number of methoxy groups -OCH3 is 1. The van der Waals surface area contributed by atoms with E-state index in [9.17, 15) is 51.3 Å². The smallest absolute Gasteiger partial charge is 0.322 e. The van der Waals surface area contributed by atoms with Gasteiger partial charge in [0.25, 0.3) is 0 Å². The fourth-order valence-electron chi connectivity index (χ4n) is 14.7. The number of nitrogens with zero attached hydrogens (tertiary/aromatic N) is 8. The second-order valence-electron chi connectivity index (χ2n) is 34.8. The fraction of sp³-hybridized carbons (Fsp3) is 0.437. The number of morpholine rings is 1. The van der Waals surface area contributed by atoms with E-state index in [1.807, 2.05) is 94.8 Å². The highest BCUT2D eigenvalue weighted by molar-refractivity contribution is 7.90. The Hall–Kier alpha value is -9.10. The van der Waals surface area contributed by atoms with Crippen LogP contribution in [0.1, 0.15) is 128 Å². The number of aliphatic carboxylic acids is 1. The Morgan fingerprint density at radius 2 is 0.881 bits per heavy atom. The van der Waals surface area contributed by atoms with Gasteiger partial charge in [-0.15, -0.1) is 0 Å². The number of hydrogen-bond acceptors (Lipinski definition) is 18. The number of carbonyl (C=O) groups is 1. The maximum atomic E-state index is 12.5. The number of aromatic nitrogens is 2. The maximum absolute atomic E-state index is 12.5. The minimum absolute atomic E-state index is 0.124. The van der Waals surface area contributed by atoms with E-state index >= 15 is 0 Å². The van der Waals surface area contributed by atoms with Crippen molar-refractivity contribution in [2.45, 2.75) is 192 Å². The third-order valence-corrected chi connectivity index (χ3v) is 31.0. The molecule has 0 radical (unpaired) electrons. The standard InChI is InChI=1S/2C14H22N2O3S.C14H22N2O2S.C13H17N3O2S.C12H15NO4S.C10H15N.2C9H12.C8H9F/c1-13-3-5-14(6-4-13)20(17,18)16-9-7-15(8-10-16)11-12-19-2;1-13-3-5-14(6-4-13)20(17,18)15-7-2-8-16-9-11-19-12-10-16;1-12-5-7-14(8-6-12)19(17,18)15-10-9-13-4-3-11-16(13)2;1-12-3-5-13(6-4-12)19(17,18)15-7-2-9-16-10-8-14-11-16;1-9-4-6-10(7-5-9)18(16,17)13-8-2-3-11(13)12(14)15;1-9-6-4-5-7-10(9)8-11(2)3;1-7-4-8(2)6-9(3)5-7;1-7-4-5-8(2)9(3)6-7;1-6-3-4-8(9)7(2)5-6/h3-6H,7-12H2,1-2H3;3-6,15H,2,7-12H2,1H3;5-8,13,15H,3-4,9-11H2,1-2H3;3-6,8,10-11,15H,2,7,9H2,1H3;4-7,11H,2-3,8H2,1H3,(H,14,15);4-7H,8H2,1-3H3;2*4-6H,1-3H3;3-5H,1-2H3. The van der Waals surface area contributed by atoms with Gasteiger partial charge in [-0.25, -0.2) is 65.6 Å². The van der Waals surface area contributed by atoms with Crippen LogP contribution in [0, 0.1) is 103 Å². The second-order valence-corrected chi connectivity index (χ2v) is 43.9. The number of carboxylic acids is 1. The number of piperazine rings is 1. The third-order valence-electron chi connectivity index (χ3n) is 22.7. The van der Waals surface area contributed by atoms with E-state index in [-0.39, 0.29) is 17.3 Å². The molecule has 4 saturated heterocycles. The van der Waals surface area contributed by atoms with Crippen LogP contribution in [0.25, 0.3) is 0 Å². The molecular weight excluding hydrogens is 1790 g/mol. The highest BCUT2D eigenvalue weighted by atomic mass is 32.2. The van der Waals surface area contributed by atoms with Gasteiger partial charge in [0.05, 0.1) is 50.6 Å². The van der Waals surface area contributed by atoms with Gasteiger partial charge >= 0.3 is 5.97 Å². The quantitative estimate of drug-likeness (QED) is 0.0348. The first kappa shape index (κ1) is 114. The number of carboxylic acid groups (broad SMARTS) is 1. The van der Waals surface area contributed by atoms with E-state index in [4.69, 9.17) is 14.6 Å². The molecule has 4 fully saturated rings. The molecule has 0 aliphatic carbocycles. The van der Waals surface area contributed by atoms with E-state index in [0.29, 0.717) is 77.8 Å². The Bertz CT molecular complexity index is 5680. The second kappa shape index (κ2) is 57.2. The highest BCUT2D eigenvalue weighted by Gasteiger charge is 2.39. The van der Waals surface area contributed by atoms with Crippen molar-refractivity contribution < 1.29 is 65.9 Å². The van der Waals surface area contributed by atoms with Crippen molar-refractivity contribution in [2.75, 3.05) is 133 Å². The molecule has 4 aliphatic heterocycles. The predicted molar refractivity (Wildman–Crippen MR) is 538 cm³/mol. The Morgan fingerprint density at radius 1 is 0.455 bits per heavy atom. The van der Waals surface area contributed by atoms with Crippen LogP contribution in [-0.2, 0) is 77.5 Å². The molecule has 2 atom stereocenters. The minimum atomic E-state index is -3.70. The van der Waals surface area contributed by atoms with Crippen LogP contribution in [0.5, 0.6) is 0 Å². The Balaban J connectivity index is 0.000000235. The number of likely N-dealkylation sites (tertiary alicyclic amines) is 1.